The minimum atomic E-state index is -0.301. The van der Waals surface area contributed by atoms with Gasteiger partial charge < -0.3 is 16.0 Å². The predicted octanol–water partition coefficient (Wildman–Crippen LogP) is 3.89. The average molecular weight is 533 g/mol. The van der Waals surface area contributed by atoms with Crippen LogP contribution in [0.3, 0.4) is 0 Å². The van der Waals surface area contributed by atoms with Gasteiger partial charge in [0.25, 0.3) is 11.5 Å². The molecule has 1 amide bonds. The van der Waals surface area contributed by atoms with Crippen molar-refractivity contribution in [3.05, 3.63) is 91.5 Å². The monoisotopic (exact) mass is 532 g/mol. The fourth-order valence-electron chi connectivity index (χ4n) is 4.53. The number of carbonyl (C=O) groups excluding carboxylic acids is 1. The van der Waals surface area contributed by atoms with E-state index >= 15 is 0 Å². The molecule has 0 saturated carbocycles. The second kappa shape index (κ2) is 10.7. The minimum absolute atomic E-state index is 0.0187. The topological polar surface area (TPSA) is 117 Å². The molecule has 2 aromatic carbocycles. The Morgan fingerprint density at radius 1 is 1.22 bits per heavy atom. The van der Waals surface area contributed by atoms with E-state index in [4.69, 9.17) is 22.3 Å². The second-order valence-corrected chi connectivity index (χ2v) is 10.5. The molecule has 3 heterocycles. The van der Waals surface area contributed by atoms with Crippen LogP contribution in [0.25, 0.3) is 10.2 Å². The summed E-state index contributed by atoms with van der Waals surface area (Å²) in [5.74, 6) is 0.200. The lowest BCUT2D eigenvalue weighted by molar-refractivity contribution is 0.0955. The van der Waals surface area contributed by atoms with Crippen molar-refractivity contribution in [2.45, 2.75) is 32.0 Å². The Kier molecular flexibility index (Phi) is 7.24. The van der Waals surface area contributed by atoms with E-state index in [1.165, 1.54) is 0 Å². The molecule has 1 aliphatic heterocycles. The molecule has 4 aromatic rings. The zero-order valence-electron chi connectivity index (χ0n) is 20.0. The number of nitrogens with two attached hydrogens (primary N) is 1. The number of aromatic nitrogens is 2. The first kappa shape index (κ1) is 25.0. The van der Waals surface area contributed by atoms with E-state index < -0.39 is 0 Å². The lowest BCUT2D eigenvalue weighted by atomic mass is 10.1. The van der Waals surface area contributed by atoms with Crippen molar-refractivity contribution in [1.82, 2.24) is 14.9 Å². The van der Waals surface area contributed by atoms with Crippen molar-refractivity contribution >= 4 is 45.0 Å². The summed E-state index contributed by atoms with van der Waals surface area (Å²) in [6.45, 7) is 1.76. The third-order valence-electron chi connectivity index (χ3n) is 6.44. The van der Waals surface area contributed by atoms with Crippen molar-refractivity contribution in [3.63, 3.8) is 0 Å². The highest BCUT2D eigenvalue weighted by Gasteiger charge is 2.24. The Labute approximate surface area is 222 Å². The molecule has 1 unspecified atom stereocenters. The molecule has 8 nitrogen and oxygen atoms in total. The number of piperidine rings is 1. The zero-order valence-corrected chi connectivity index (χ0v) is 21.6. The molecule has 188 valence electrons. The molecule has 1 saturated heterocycles. The summed E-state index contributed by atoms with van der Waals surface area (Å²) in [7, 11) is 0. The van der Waals surface area contributed by atoms with Gasteiger partial charge in [0.15, 0.2) is 0 Å². The highest BCUT2D eigenvalue weighted by atomic mass is 35.5. The van der Waals surface area contributed by atoms with E-state index in [1.54, 1.807) is 28.8 Å². The van der Waals surface area contributed by atoms with Gasteiger partial charge in [-0.3, -0.25) is 14.2 Å². The summed E-state index contributed by atoms with van der Waals surface area (Å²) in [5.41, 5.74) is 8.49. The maximum atomic E-state index is 13.8. The van der Waals surface area contributed by atoms with Crippen molar-refractivity contribution in [1.29, 1.82) is 5.26 Å². The first-order valence-corrected chi connectivity index (χ1v) is 13.2. The molecule has 10 heteroatoms. The Morgan fingerprint density at radius 2 is 1.97 bits per heavy atom. The van der Waals surface area contributed by atoms with E-state index in [0.29, 0.717) is 38.2 Å². The molecule has 1 fully saturated rings. The standard InChI is InChI=1S/C27H25ClN6O2S/c28-21-10-4-3-7-18(21)14-31-25(35)23-12-22-24(37-23)26(36)34(15-19-8-2-1-6-17(19)13-29)27(32-22)33-11-5-9-20(30)16-33/h1-4,6-8,10,12,20H,5,9,11,14-16,30H2,(H,31,35). The summed E-state index contributed by atoms with van der Waals surface area (Å²) in [6, 6.07) is 18.4. The summed E-state index contributed by atoms with van der Waals surface area (Å²) < 4.78 is 1.99. The van der Waals surface area contributed by atoms with Gasteiger partial charge >= 0.3 is 0 Å². The molecule has 0 radical (unpaired) electrons. The van der Waals surface area contributed by atoms with Crippen LogP contribution in [0, 0.1) is 11.3 Å². The van der Waals surface area contributed by atoms with Crippen LogP contribution in [0.5, 0.6) is 0 Å². The van der Waals surface area contributed by atoms with Gasteiger partial charge in [-0.05, 0) is 42.2 Å². The highest BCUT2D eigenvalue weighted by molar-refractivity contribution is 7.20. The van der Waals surface area contributed by atoms with Crippen LogP contribution in [-0.2, 0) is 13.1 Å². The zero-order chi connectivity index (χ0) is 25.9. The van der Waals surface area contributed by atoms with E-state index in [-0.39, 0.29) is 30.6 Å². The largest absolute Gasteiger partial charge is 0.347 e. The number of carbonyl (C=O) groups is 1. The van der Waals surface area contributed by atoms with Crippen molar-refractivity contribution in [2.75, 3.05) is 18.0 Å². The Bertz CT molecular complexity index is 1570. The lowest BCUT2D eigenvalue weighted by Gasteiger charge is -2.33. The molecular weight excluding hydrogens is 508 g/mol. The number of fused-ring (bicyclic) bond motifs is 1. The fraction of sp³-hybridized carbons (Fsp3) is 0.259. The van der Waals surface area contributed by atoms with Crippen molar-refractivity contribution in [2.24, 2.45) is 5.73 Å². The number of nitrogens with one attached hydrogen (secondary N) is 1. The van der Waals surface area contributed by atoms with Crippen LogP contribution in [-0.4, -0.2) is 34.6 Å². The molecule has 1 aliphatic rings. The summed E-state index contributed by atoms with van der Waals surface area (Å²) >= 11 is 7.32. The number of hydrogen-bond donors (Lipinski definition) is 2. The Morgan fingerprint density at radius 3 is 2.73 bits per heavy atom. The van der Waals surface area contributed by atoms with E-state index in [9.17, 15) is 14.9 Å². The number of rotatable bonds is 6. The molecule has 0 aliphatic carbocycles. The van der Waals surface area contributed by atoms with Gasteiger partial charge in [0.05, 0.1) is 28.6 Å². The number of amides is 1. The minimum Gasteiger partial charge on any atom is -0.347 e. The summed E-state index contributed by atoms with van der Waals surface area (Å²) in [5, 5.41) is 13.0. The van der Waals surface area contributed by atoms with Gasteiger partial charge in [0, 0.05) is 30.7 Å². The number of hydrogen-bond acceptors (Lipinski definition) is 7. The van der Waals surface area contributed by atoms with Crippen LogP contribution in [0.4, 0.5) is 5.95 Å². The summed E-state index contributed by atoms with van der Waals surface area (Å²) in [6.07, 6.45) is 1.80. The fourth-order valence-corrected chi connectivity index (χ4v) is 5.69. The molecule has 2 aromatic heterocycles. The Hall–Kier alpha value is -3.71. The molecule has 0 spiro atoms. The molecule has 3 N–H and O–H groups in total. The van der Waals surface area contributed by atoms with Crippen LogP contribution < -0.4 is 21.5 Å². The number of benzene rings is 2. The highest BCUT2D eigenvalue weighted by Crippen LogP contribution is 2.26. The van der Waals surface area contributed by atoms with E-state index in [2.05, 4.69) is 11.4 Å². The van der Waals surface area contributed by atoms with Crippen LogP contribution in [0.1, 0.15) is 39.2 Å². The van der Waals surface area contributed by atoms with Crippen LogP contribution >= 0.6 is 22.9 Å². The maximum absolute atomic E-state index is 13.8. The van der Waals surface area contributed by atoms with Gasteiger partial charge in [0.1, 0.15) is 4.70 Å². The third kappa shape index (κ3) is 5.23. The average Bonchev–Trinajstić information content (AvgIpc) is 3.34. The van der Waals surface area contributed by atoms with Gasteiger partial charge in [-0.1, -0.05) is 48.0 Å². The SMILES string of the molecule is N#Cc1ccccc1Cn1c(N2CCCC(N)C2)nc2cc(C(=O)NCc3ccccc3Cl)sc2c1=O. The molecular formula is C27H25ClN6O2S. The van der Waals surface area contributed by atoms with Crippen LogP contribution in [0.2, 0.25) is 5.02 Å². The van der Waals surface area contributed by atoms with Gasteiger partial charge in [-0.2, -0.15) is 5.26 Å². The van der Waals surface area contributed by atoms with Gasteiger partial charge in [-0.15, -0.1) is 11.3 Å². The number of anilines is 1. The number of thiophene rings is 1. The van der Waals surface area contributed by atoms with Crippen LogP contribution in [0.15, 0.2) is 59.4 Å². The summed E-state index contributed by atoms with van der Waals surface area (Å²) in [4.78, 5) is 34.0. The predicted molar refractivity (Wildman–Crippen MR) is 146 cm³/mol. The van der Waals surface area contributed by atoms with Crippen molar-refractivity contribution < 1.29 is 4.79 Å². The second-order valence-electron chi connectivity index (χ2n) is 9.02. The number of nitrogens with zero attached hydrogens (tertiary/aromatic N) is 4. The van der Waals surface area contributed by atoms with E-state index in [0.717, 1.165) is 41.9 Å². The Balaban J connectivity index is 1.53. The lowest BCUT2D eigenvalue weighted by Crippen LogP contribution is -2.45. The van der Waals surface area contributed by atoms with E-state index in [1.807, 2.05) is 35.2 Å². The molecule has 1 atom stereocenters. The number of halogens is 1. The smallest absolute Gasteiger partial charge is 0.273 e. The third-order valence-corrected chi connectivity index (χ3v) is 7.92. The van der Waals surface area contributed by atoms with Gasteiger partial charge in [-0.25, -0.2) is 4.98 Å². The quantitative estimate of drug-likeness (QED) is 0.389. The number of nitriles is 1. The normalized spacial score (nSPS) is 15.5. The van der Waals surface area contributed by atoms with Gasteiger partial charge in [0.2, 0.25) is 5.95 Å². The first-order chi connectivity index (χ1) is 17.9. The maximum Gasteiger partial charge on any atom is 0.273 e. The molecule has 0 bridgehead atoms. The van der Waals surface area contributed by atoms with Crippen molar-refractivity contribution in [3.8, 4) is 6.07 Å². The molecule has 37 heavy (non-hydrogen) atoms. The first-order valence-electron chi connectivity index (χ1n) is 12.0. The molecule has 5 rings (SSSR count).